The molecule has 0 aliphatic carbocycles. The highest BCUT2D eigenvalue weighted by Gasteiger charge is 2.06. The summed E-state index contributed by atoms with van der Waals surface area (Å²) in [4.78, 5) is 21.7. The molecule has 1 rings (SSSR count). The Morgan fingerprint density at radius 1 is 1.10 bits per heavy atom. The molecule has 0 spiro atoms. The maximum Gasteiger partial charge on any atom is 0.303 e. The first-order valence-electron chi connectivity index (χ1n) is 6.34. The molecule has 0 bridgehead atoms. The zero-order valence-corrected chi connectivity index (χ0v) is 10.9. The number of carbonyl (C=O) groups is 2. The smallest absolute Gasteiger partial charge is 0.303 e. The van der Waals surface area contributed by atoms with Crippen LogP contribution >= 0.6 is 0 Å². The molecule has 4 nitrogen and oxygen atoms in total. The predicted molar refractivity (Wildman–Crippen MR) is 69.3 cm³/mol. The molecule has 6 heteroatoms. The van der Waals surface area contributed by atoms with Crippen molar-refractivity contribution in [1.82, 2.24) is 5.32 Å². The molecule has 2 N–H and O–H groups in total. The van der Waals surface area contributed by atoms with Crippen molar-refractivity contribution in [2.24, 2.45) is 0 Å². The van der Waals surface area contributed by atoms with Crippen molar-refractivity contribution in [3.8, 4) is 0 Å². The van der Waals surface area contributed by atoms with Crippen LogP contribution in [-0.2, 0) is 16.1 Å². The van der Waals surface area contributed by atoms with Crippen LogP contribution in [0.3, 0.4) is 0 Å². The van der Waals surface area contributed by atoms with Crippen LogP contribution in [0.2, 0.25) is 0 Å². The van der Waals surface area contributed by atoms with E-state index in [0.717, 1.165) is 5.56 Å². The molecule has 1 aromatic rings. The van der Waals surface area contributed by atoms with Crippen LogP contribution in [0.5, 0.6) is 0 Å². The Balaban J connectivity index is 2.25. The van der Waals surface area contributed by atoms with Gasteiger partial charge in [-0.2, -0.15) is 0 Å². The first kappa shape index (κ1) is 16.1. The SMILES string of the molecule is O=C(O)CCCCC(=O)NCc1ccc(C(F)F)cc1. The first-order valence-corrected chi connectivity index (χ1v) is 6.34. The quantitative estimate of drug-likeness (QED) is 0.722. The maximum atomic E-state index is 12.3. The topological polar surface area (TPSA) is 66.4 Å². The van der Waals surface area contributed by atoms with Crippen LogP contribution in [0.15, 0.2) is 24.3 Å². The van der Waals surface area contributed by atoms with Gasteiger partial charge < -0.3 is 10.4 Å². The van der Waals surface area contributed by atoms with Crippen molar-refractivity contribution >= 4 is 11.9 Å². The van der Waals surface area contributed by atoms with Gasteiger partial charge in [-0.3, -0.25) is 9.59 Å². The van der Waals surface area contributed by atoms with Crippen molar-refractivity contribution in [3.05, 3.63) is 35.4 Å². The van der Waals surface area contributed by atoms with Crippen LogP contribution in [0.4, 0.5) is 8.78 Å². The van der Waals surface area contributed by atoms with E-state index in [1.807, 2.05) is 0 Å². The second-order valence-corrected chi connectivity index (χ2v) is 4.42. The molecule has 0 aliphatic heterocycles. The number of halogens is 2. The summed E-state index contributed by atoms with van der Waals surface area (Å²) in [5.41, 5.74) is 0.696. The summed E-state index contributed by atoms with van der Waals surface area (Å²) in [6, 6.07) is 5.76. The molecule has 0 heterocycles. The molecular weight excluding hydrogens is 268 g/mol. The Labute approximate surface area is 115 Å². The predicted octanol–water partition coefficient (Wildman–Crippen LogP) is 2.89. The van der Waals surface area contributed by atoms with Gasteiger partial charge in [-0.1, -0.05) is 24.3 Å². The molecule has 20 heavy (non-hydrogen) atoms. The third-order valence-electron chi connectivity index (χ3n) is 2.77. The number of carboxylic acids is 1. The number of hydrogen-bond acceptors (Lipinski definition) is 2. The van der Waals surface area contributed by atoms with Gasteiger partial charge in [-0.05, 0) is 18.4 Å². The van der Waals surface area contributed by atoms with E-state index in [1.165, 1.54) is 12.1 Å². The van der Waals surface area contributed by atoms with E-state index in [2.05, 4.69) is 5.32 Å². The fourth-order valence-corrected chi connectivity index (χ4v) is 1.63. The number of rotatable bonds is 8. The molecule has 1 aromatic carbocycles. The molecule has 1 amide bonds. The van der Waals surface area contributed by atoms with Crippen molar-refractivity contribution in [2.75, 3.05) is 0 Å². The summed E-state index contributed by atoms with van der Waals surface area (Å²) >= 11 is 0. The Kier molecular flexibility index (Phi) is 6.63. The second-order valence-electron chi connectivity index (χ2n) is 4.42. The van der Waals surface area contributed by atoms with Gasteiger partial charge in [0.05, 0.1) is 0 Å². The number of alkyl halides is 2. The lowest BCUT2D eigenvalue weighted by Gasteiger charge is -2.06. The minimum atomic E-state index is -2.49. The zero-order valence-electron chi connectivity index (χ0n) is 10.9. The average Bonchev–Trinajstić information content (AvgIpc) is 2.41. The van der Waals surface area contributed by atoms with Crippen molar-refractivity contribution in [1.29, 1.82) is 0 Å². The van der Waals surface area contributed by atoms with E-state index < -0.39 is 12.4 Å². The summed E-state index contributed by atoms with van der Waals surface area (Å²) in [6.45, 7) is 0.279. The molecule has 0 aliphatic rings. The Morgan fingerprint density at radius 3 is 2.25 bits per heavy atom. The van der Waals surface area contributed by atoms with Gasteiger partial charge >= 0.3 is 5.97 Å². The number of carboxylic acid groups (broad SMARTS) is 1. The van der Waals surface area contributed by atoms with E-state index in [0.29, 0.717) is 12.8 Å². The van der Waals surface area contributed by atoms with Gasteiger partial charge in [-0.25, -0.2) is 8.78 Å². The highest BCUT2D eigenvalue weighted by Crippen LogP contribution is 2.18. The van der Waals surface area contributed by atoms with Crippen molar-refractivity contribution < 1.29 is 23.5 Å². The van der Waals surface area contributed by atoms with Crippen molar-refractivity contribution in [2.45, 2.75) is 38.7 Å². The van der Waals surface area contributed by atoms with E-state index >= 15 is 0 Å². The van der Waals surface area contributed by atoms with E-state index in [1.54, 1.807) is 12.1 Å². The lowest BCUT2D eigenvalue weighted by atomic mass is 10.1. The van der Waals surface area contributed by atoms with Crippen LogP contribution in [0, 0.1) is 0 Å². The molecule has 0 saturated carbocycles. The molecule has 0 unspecified atom stereocenters. The molecular formula is C14H17F2NO3. The van der Waals surface area contributed by atoms with Gasteiger partial charge in [0.25, 0.3) is 6.43 Å². The van der Waals surface area contributed by atoms with Gasteiger partial charge in [0.2, 0.25) is 5.91 Å². The summed E-state index contributed by atoms with van der Waals surface area (Å²) in [5.74, 6) is -1.04. The fraction of sp³-hybridized carbons (Fsp3) is 0.429. The summed E-state index contributed by atoms with van der Waals surface area (Å²) in [7, 11) is 0. The largest absolute Gasteiger partial charge is 0.481 e. The normalized spacial score (nSPS) is 10.6. The molecule has 0 fully saturated rings. The number of carbonyl (C=O) groups excluding carboxylic acids is 1. The third kappa shape index (κ3) is 6.26. The van der Waals surface area contributed by atoms with Crippen molar-refractivity contribution in [3.63, 3.8) is 0 Å². The monoisotopic (exact) mass is 285 g/mol. The molecule has 0 saturated heterocycles. The van der Waals surface area contributed by atoms with Gasteiger partial charge in [0.1, 0.15) is 0 Å². The highest BCUT2D eigenvalue weighted by atomic mass is 19.3. The summed E-state index contributed by atoms with van der Waals surface area (Å²) in [6.07, 6.45) is -1.19. The standard InChI is InChI=1S/C14H17F2NO3/c15-14(16)11-7-5-10(6-8-11)9-17-12(18)3-1-2-4-13(19)20/h5-8,14H,1-4,9H2,(H,17,18)(H,19,20). The maximum absolute atomic E-state index is 12.3. The van der Waals surface area contributed by atoms with Gasteiger partial charge in [0.15, 0.2) is 0 Å². The Bertz CT molecular complexity index is 446. The number of nitrogens with one attached hydrogen (secondary N) is 1. The first-order chi connectivity index (χ1) is 9.49. The van der Waals surface area contributed by atoms with Gasteiger partial charge in [0, 0.05) is 24.9 Å². The minimum absolute atomic E-state index is 0.0475. The Morgan fingerprint density at radius 2 is 1.70 bits per heavy atom. The van der Waals surface area contributed by atoms with E-state index in [4.69, 9.17) is 5.11 Å². The number of benzene rings is 1. The van der Waals surface area contributed by atoms with Crippen LogP contribution in [0.1, 0.15) is 43.2 Å². The highest BCUT2D eigenvalue weighted by molar-refractivity contribution is 5.75. The molecule has 0 aromatic heterocycles. The lowest BCUT2D eigenvalue weighted by Crippen LogP contribution is -2.22. The fourth-order valence-electron chi connectivity index (χ4n) is 1.63. The number of hydrogen-bond donors (Lipinski definition) is 2. The minimum Gasteiger partial charge on any atom is -0.481 e. The lowest BCUT2D eigenvalue weighted by molar-refractivity contribution is -0.137. The summed E-state index contributed by atoms with van der Waals surface area (Å²) in [5, 5.41) is 11.1. The van der Waals surface area contributed by atoms with Crippen LogP contribution in [-0.4, -0.2) is 17.0 Å². The zero-order chi connectivity index (χ0) is 15.0. The van der Waals surface area contributed by atoms with Crippen LogP contribution in [0.25, 0.3) is 0 Å². The molecule has 110 valence electrons. The average molecular weight is 285 g/mol. The van der Waals surface area contributed by atoms with Gasteiger partial charge in [-0.15, -0.1) is 0 Å². The number of unbranched alkanes of at least 4 members (excludes halogenated alkanes) is 1. The Hall–Kier alpha value is -1.98. The molecule has 0 radical (unpaired) electrons. The van der Waals surface area contributed by atoms with E-state index in [-0.39, 0.29) is 30.9 Å². The summed E-state index contributed by atoms with van der Waals surface area (Å²) < 4.78 is 24.7. The second kappa shape index (κ2) is 8.24. The number of aliphatic carboxylic acids is 1. The van der Waals surface area contributed by atoms with E-state index in [9.17, 15) is 18.4 Å². The molecule has 0 atom stereocenters. The third-order valence-corrected chi connectivity index (χ3v) is 2.77. The van der Waals surface area contributed by atoms with Crippen LogP contribution < -0.4 is 5.32 Å². The number of amides is 1.